The summed E-state index contributed by atoms with van der Waals surface area (Å²) >= 11 is 0. The fourth-order valence-electron chi connectivity index (χ4n) is 2.33. The lowest BCUT2D eigenvalue weighted by Gasteiger charge is -2.29. The maximum Gasteiger partial charge on any atom is 0.260 e. The Morgan fingerprint density at radius 1 is 1.24 bits per heavy atom. The maximum atomic E-state index is 12.8. The molecule has 0 spiro atoms. The Morgan fingerprint density at radius 2 is 2.00 bits per heavy atom. The van der Waals surface area contributed by atoms with Crippen molar-refractivity contribution in [2.24, 2.45) is 0 Å². The molecule has 21 heavy (non-hydrogen) atoms. The first kappa shape index (κ1) is 13.2. The van der Waals surface area contributed by atoms with E-state index in [1.54, 1.807) is 26.0 Å². The van der Waals surface area contributed by atoms with Crippen LogP contribution in [0.1, 0.15) is 21.7 Å². The van der Waals surface area contributed by atoms with Gasteiger partial charge in [-0.3, -0.25) is 14.5 Å². The van der Waals surface area contributed by atoms with Crippen molar-refractivity contribution in [2.75, 3.05) is 16.8 Å². The molecule has 2 aromatic rings. The van der Waals surface area contributed by atoms with E-state index in [2.05, 4.69) is 15.5 Å². The molecule has 0 unspecified atom stereocenters. The summed E-state index contributed by atoms with van der Waals surface area (Å²) in [5.74, 6) is -0.453. The number of fused-ring (bicyclic) bond motifs is 1. The molecule has 1 N–H and O–H groups in total. The predicted molar refractivity (Wildman–Crippen MR) is 78.3 cm³/mol. The number of amides is 2. The molecule has 6 heteroatoms. The van der Waals surface area contributed by atoms with Crippen LogP contribution >= 0.6 is 0 Å². The Kier molecular flexibility index (Phi) is 3.13. The first-order valence-corrected chi connectivity index (χ1v) is 6.58. The molecule has 1 aliphatic heterocycles. The van der Waals surface area contributed by atoms with Crippen LogP contribution in [-0.2, 0) is 4.79 Å². The van der Waals surface area contributed by atoms with Crippen molar-refractivity contribution in [3.63, 3.8) is 0 Å². The van der Waals surface area contributed by atoms with Gasteiger partial charge in [0.25, 0.3) is 5.91 Å². The van der Waals surface area contributed by atoms with Gasteiger partial charge in [0.2, 0.25) is 5.91 Å². The highest BCUT2D eigenvalue weighted by Gasteiger charge is 2.28. The largest absolute Gasteiger partial charge is 0.323 e. The van der Waals surface area contributed by atoms with Crippen LogP contribution in [0.15, 0.2) is 30.3 Å². The highest BCUT2D eigenvalue weighted by atomic mass is 16.2. The smallest absolute Gasteiger partial charge is 0.260 e. The Hall–Kier alpha value is -2.76. The van der Waals surface area contributed by atoms with Crippen molar-refractivity contribution in [1.82, 2.24) is 10.2 Å². The summed E-state index contributed by atoms with van der Waals surface area (Å²) in [6, 6.07) is 8.93. The second-order valence-electron chi connectivity index (χ2n) is 4.94. The van der Waals surface area contributed by atoms with E-state index in [-0.39, 0.29) is 18.4 Å². The van der Waals surface area contributed by atoms with Crippen LogP contribution in [0.25, 0.3) is 0 Å². The van der Waals surface area contributed by atoms with E-state index in [1.807, 2.05) is 18.2 Å². The molecule has 0 saturated carbocycles. The molecule has 0 aliphatic carbocycles. The van der Waals surface area contributed by atoms with E-state index >= 15 is 0 Å². The maximum absolute atomic E-state index is 12.8. The number of nitrogens with zero attached hydrogens (tertiary/aromatic N) is 3. The summed E-state index contributed by atoms with van der Waals surface area (Å²) in [5, 5.41) is 10.7. The molecule has 3 rings (SSSR count). The van der Waals surface area contributed by atoms with Gasteiger partial charge in [0, 0.05) is 0 Å². The molecule has 0 saturated heterocycles. The van der Waals surface area contributed by atoms with Crippen LogP contribution < -0.4 is 10.2 Å². The van der Waals surface area contributed by atoms with Gasteiger partial charge in [-0.25, -0.2) is 0 Å². The molecule has 1 aromatic carbocycles. The summed E-state index contributed by atoms with van der Waals surface area (Å²) in [5.41, 5.74) is 3.01. The van der Waals surface area contributed by atoms with Crippen molar-refractivity contribution in [3.8, 4) is 0 Å². The predicted octanol–water partition coefficient (Wildman–Crippen LogP) is 1.69. The van der Waals surface area contributed by atoms with Crippen molar-refractivity contribution in [1.29, 1.82) is 0 Å². The summed E-state index contributed by atoms with van der Waals surface area (Å²) in [6.45, 7) is 3.51. The van der Waals surface area contributed by atoms with E-state index in [0.29, 0.717) is 28.3 Å². The van der Waals surface area contributed by atoms with E-state index in [9.17, 15) is 9.59 Å². The van der Waals surface area contributed by atoms with Gasteiger partial charge in [-0.2, -0.15) is 10.2 Å². The molecule has 2 heterocycles. The van der Waals surface area contributed by atoms with Crippen molar-refractivity contribution in [3.05, 3.63) is 47.3 Å². The number of nitrogens with one attached hydrogen (secondary N) is 1. The zero-order valence-corrected chi connectivity index (χ0v) is 11.8. The number of aromatic nitrogens is 2. The van der Waals surface area contributed by atoms with Gasteiger partial charge in [0.05, 0.1) is 28.3 Å². The standard InChI is InChI=1S/C15H14N4O2/c1-9-7-11(10(2)18-17-9)15(21)19-8-14(20)16-12-5-3-4-6-13(12)19/h3-7H,8H2,1-2H3,(H,16,20). The molecule has 0 bridgehead atoms. The van der Waals surface area contributed by atoms with Crippen LogP contribution in [0, 0.1) is 13.8 Å². The summed E-state index contributed by atoms with van der Waals surface area (Å²) in [4.78, 5) is 26.0. The first-order chi connectivity index (χ1) is 10.1. The normalized spacial score (nSPS) is 13.6. The average molecular weight is 282 g/mol. The van der Waals surface area contributed by atoms with E-state index in [1.165, 1.54) is 4.90 Å². The van der Waals surface area contributed by atoms with Crippen molar-refractivity contribution >= 4 is 23.2 Å². The Morgan fingerprint density at radius 3 is 2.81 bits per heavy atom. The van der Waals surface area contributed by atoms with E-state index < -0.39 is 0 Å². The number of rotatable bonds is 1. The fraction of sp³-hybridized carbons (Fsp3) is 0.200. The highest BCUT2D eigenvalue weighted by molar-refractivity contribution is 6.15. The molecule has 1 aliphatic rings. The number of aryl methyl sites for hydroxylation is 2. The second kappa shape index (κ2) is 4.97. The van der Waals surface area contributed by atoms with Crippen molar-refractivity contribution < 1.29 is 9.59 Å². The van der Waals surface area contributed by atoms with Gasteiger partial charge >= 0.3 is 0 Å². The van der Waals surface area contributed by atoms with E-state index in [0.717, 1.165) is 0 Å². The minimum atomic E-state index is -0.243. The third-order valence-corrected chi connectivity index (χ3v) is 3.35. The quantitative estimate of drug-likeness (QED) is 0.863. The Bertz CT molecular complexity index is 742. The van der Waals surface area contributed by atoms with Gasteiger partial charge in [0.15, 0.2) is 0 Å². The molecular formula is C15H14N4O2. The molecule has 106 valence electrons. The number of benzene rings is 1. The van der Waals surface area contributed by atoms with Crippen LogP contribution in [0.3, 0.4) is 0 Å². The third-order valence-electron chi connectivity index (χ3n) is 3.35. The third kappa shape index (κ3) is 2.35. The first-order valence-electron chi connectivity index (χ1n) is 6.58. The fourth-order valence-corrected chi connectivity index (χ4v) is 2.33. The molecular weight excluding hydrogens is 268 g/mol. The lowest BCUT2D eigenvalue weighted by atomic mass is 10.1. The van der Waals surface area contributed by atoms with Crippen LogP contribution in [0.2, 0.25) is 0 Å². The minimum absolute atomic E-state index is 0.00332. The average Bonchev–Trinajstić information content (AvgIpc) is 2.48. The SMILES string of the molecule is Cc1cc(C(=O)N2CC(=O)Nc3ccccc32)c(C)nn1. The Balaban J connectivity index is 2.06. The lowest BCUT2D eigenvalue weighted by Crippen LogP contribution is -2.42. The molecule has 0 radical (unpaired) electrons. The number of hydrogen-bond donors (Lipinski definition) is 1. The molecule has 2 amide bonds. The van der Waals surface area contributed by atoms with Crippen LogP contribution in [0.5, 0.6) is 0 Å². The summed E-state index contributed by atoms with van der Waals surface area (Å²) in [6.07, 6.45) is 0. The van der Waals surface area contributed by atoms with Crippen LogP contribution in [0.4, 0.5) is 11.4 Å². The minimum Gasteiger partial charge on any atom is -0.323 e. The zero-order chi connectivity index (χ0) is 15.0. The number of para-hydroxylation sites is 2. The molecule has 6 nitrogen and oxygen atoms in total. The van der Waals surface area contributed by atoms with Crippen molar-refractivity contribution in [2.45, 2.75) is 13.8 Å². The number of carbonyl (C=O) groups is 2. The molecule has 0 fully saturated rings. The highest BCUT2D eigenvalue weighted by Crippen LogP contribution is 2.30. The Labute approximate surface area is 121 Å². The van der Waals surface area contributed by atoms with Gasteiger partial charge in [-0.15, -0.1) is 0 Å². The summed E-state index contributed by atoms with van der Waals surface area (Å²) in [7, 11) is 0. The van der Waals surface area contributed by atoms with Gasteiger partial charge in [-0.1, -0.05) is 12.1 Å². The molecule has 1 aromatic heterocycles. The molecule has 0 atom stereocenters. The van der Waals surface area contributed by atoms with Gasteiger partial charge < -0.3 is 5.32 Å². The topological polar surface area (TPSA) is 75.2 Å². The summed E-state index contributed by atoms with van der Waals surface area (Å²) < 4.78 is 0. The van der Waals surface area contributed by atoms with Crippen LogP contribution in [-0.4, -0.2) is 28.6 Å². The number of carbonyl (C=O) groups excluding carboxylic acids is 2. The number of hydrogen-bond acceptors (Lipinski definition) is 4. The lowest BCUT2D eigenvalue weighted by molar-refractivity contribution is -0.115. The second-order valence-corrected chi connectivity index (χ2v) is 4.94. The van der Waals surface area contributed by atoms with Gasteiger partial charge in [0.1, 0.15) is 6.54 Å². The number of anilines is 2. The zero-order valence-electron chi connectivity index (χ0n) is 11.8. The van der Waals surface area contributed by atoms with E-state index in [4.69, 9.17) is 0 Å². The monoisotopic (exact) mass is 282 g/mol. The van der Waals surface area contributed by atoms with Gasteiger partial charge in [-0.05, 0) is 32.0 Å².